The van der Waals surface area contributed by atoms with Crippen LogP contribution in [-0.2, 0) is 0 Å². The van der Waals surface area contributed by atoms with Crippen molar-refractivity contribution in [1.29, 1.82) is 0 Å². The molecule has 0 aromatic rings. The van der Waals surface area contributed by atoms with Gasteiger partial charge in [0.05, 0.1) is 0 Å². The Hall–Kier alpha value is 1.19. The van der Waals surface area contributed by atoms with E-state index in [9.17, 15) is 0 Å². The molecule has 2 heteroatoms. The van der Waals surface area contributed by atoms with E-state index >= 15 is 0 Å². The van der Waals surface area contributed by atoms with Crippen molar-refractivity contribution in [3.63, 3.8) is 0 Å². The van der Waals surface area contributed by atoms with Crippen LogP contribution in [0.2, 0.25) is 0 Å². The van der Waals surface area contributed by atoms with Gasteiger partial charge in [-0.25, -0.2) is 0 Å². The third kappa shape index (κ3) is 17.6. The van der Waals surface area contributed by atoms with E-state index in [0.717, 1.165) is 0 Å². The first kappa shape index (κ1) is 16.7. The maximum Gasteiger partial charge on any atom is 1.00 e. The van der Waals surface area contributed by atoms with Crippen molar-refractivity contribution in [2.75, 3.05) is 0 Å². The fraction of sp³-hybridized carbons (Fsp3) is 1.00. The first-order valence-corrected chi connectivity index (χ1v) is 3.41. The maximum atomic E-state index is 2.25. The van der Waals surface area contributed by atoms with Crippen LogP contribution in [0.4, 0.5) is 0 Å². The summed E-state index contributed by atoms with van der Waals surface area (Å²) in [6.45, 7) is 4.49. The van der Waals surface area contributed by atoms with Gasteiger partial charge in [0.1, 0.15) is 0 Å². The fourth-order valence-electron chi connectivity index (χ4n) is 0.677. The molecule has 0 fully saturated rings. The van der Waals surface area contributed by atoms with Crippen molar-refractivity contribution in [3.8, 4) is 0 Å². The average Bonchev–Trinajstić information content (AvgIpc) is 1.69. The smallest absolute Gasteiger partial charge is 1.00 e. The predicted octanol–water partition coefficient (Wildman–Crippen LogP) is -2.79. The Kier molecular flexibility index (Phi) is 29.8. The largest absolute Gasteiger partial charge is 1.00 e. The van der Waals surface area contributed by atoms with Gasteiger partial charge >= 0.3 is 37.7 Å². The minimum Gasteiger partial charge on any atom is -1.00 e. The molecule has 0 aliphatic rings. The van der Waals surface area contributed by atoms with Gasteiger partial charge < -0.3 is 2.85 Å². The Bertz CT molecular complexity index is 33.6. The molecule has 0 radical (unpaired) electrons. The van der Waals surface area contributed by atoms with Crippen LogP contribution >= 0.6 is 0 Å². The summed E-state index contributed by atoms with van der Waals surface area (Å²) < 4.78 is 0. The molecule has 0 nitrogen and oxygen atoms in total. The molecule has 0 amide bonds. The molecular weight excluding hydrogens is 98.0 g/mol. The molecule has 0 spiro atoms. The van der Waals surface area contributed by atoms with E-state index in [1.165, 1.54) is 32.1 Å². The quantitative estimate of drug-likeness (QED) is 0.275. The van der Waals surface area contributed by atoms with E-state index in [4.69, 9.17) is 0 Å². The van der Waals surface area contributed by atoms with Crippen LogP contribution in [0.25, 0.3) is 0 Å². The first-order chi connectivity index (χ1) is 3.41. The van der Waals surface area contributed by atoms with Gasteiger partial charge in [-0.1, -0.05) is 46.0 Å². The van der Waals surface area contributed by atoms with Gasteiger partial charge in [0.15, 0.2) is 0 Å². The predicted molar refractivity (Wildman–Crippen MR) is 36.7 cm³/mol. The van der Waals surface area contributed by atoms with Crippen LogP contribution < -0.4 is 37.7 Å². The Morgan fingerprint density at radius 1 is 0.778 bits per heavy atom. The zero-order valence-corrected chi connectivity index (χ0v) is 7.54. The number of rotatable bonds is 4. The van der Waals surface area contributed by atoms with Crippen LogP contribution in [0, 0.1) is 0 Å². The van der Waals surface area contributed by atoms with Crippen molar-refractivity contribution in [2.45, 2.75) is 46.0 Å². The van der Waals surface area contributed by atoms with Crippen molar-refractivity contribution in [2.24, 2.45) is 0 Å². The Balaban J connectivity index is -0.0000000300. The Labute approximate surface area is 86.5 Å². The molecule has 0 heterocycles. The zero-order valence-electron chi connectivity index (χ0n) is 9.54. The molecular formula is C7H18Li2. The Morgan fingerprint density at radius 2 is 1.11 bits per heavy atom. The fourth-order valence-corrected chi connectivity index (χ4v) is 0.677. The summed E-state index contributed by atoms with van der Waals surface area (Å²) in [6.07, 6.45) is 7.01. The van der Waals surface area contributed by atoms with Crippen LogP contribution in [0.15, 0.2) is 0 Å². The molecule has 0 N–H and O–H groups in total. The van der Waals surface area contributed by atoms with Crippen LogP contribution in [0.1, 0.15) is 48.8 Å². The van der Waals surface area contributed by atoms with E-state index in [1.54, 1.807) is 0 Å². The van der Waals surface area contributed by atoms with Crippen molar-refractivity contribution < 1.29 is 40.6 Å². The van der Waals surface area contributed by atoms with Crippen molar-refractivity contribution in [1.82, 2.24) is 0 Å². The molecule has 0 rings (SSSR count). The van der Waals surface area contributed by atoms with E-state index in [2.05, 4.69) is 13.8 Å². The SMILES string of the molecule is CCCCCCC.[H-].[H-].[Li+].[Li+]. The standard InChI is InChI=1S/C7H16.2Li.2H/c1-3-5-7-6-4-2;;;;/h3-7H2,1-2H3;;;;/q;2*+1;2*-1. The monoisotopic (exact) mass is 116 g/mol. The van der Waals surface area contributed by atoms with Crippen LogP contribution in [0.3, 0.4) is 0 Å². The van der Waals surface area contributed by atoms with Gasteiger partial charge in [0.25, 0.3) is 0 Å². The molecule has 0 aromatic heterocycles. The van der Waals surface area contributed by atoms with Crippen LogP contribution in [0.5, 0.6) is 0 Å². The molecule has 0 aromatic carbocycles. The van der Waals surface area contributed by atoms with E-state index in [1.807, 2.05) is 0 Å². The van der Waals surface area contributed by atoms with Gasteiger partial charge in [-0.2, -0.15) is 0 Å². The topological polar surface area (TPSA) is 0 Å². The Morgan fingerprint density at radius 3 is 1.33 bits per heavy atom. The maximum absolute atomic E-state index is 2.25. The number of hydrogen-bond acceptors (Lipinski definition) is 0. The second-order valence-corrected chi connectivity index (χ2v) is 2.06. The summed E-state index contributed by atoms with van der Waals surface area (Å²) >= 11 is 0. The first-order valence-electron chi connectivity index (χ1n) is 3.41. The van der Waals surface area contributed by atoms with Crippen molar-refractivity contribution in [3.05, 3.63) is 0 Å². The van der Waals surface area contributed by atoms with Gasteiger partial charge in [-0.15, -0.1) is 0 Å². The molecule has 0 saturated carbocycles. The summed E-state index contributed by atoms with van der Waals surface area (Å²) in [5.74, 6) is 0. The van der Waals surface area contributed by atoms with Gasteiger partial charge in [-0.3, -0.25) is 0 Å². The molecule has 0 bridgehead atoms. The second kappa shape index (κ2) is 16.1. The summed E-state index contributed by atoms with van der Waals surface area (Å²) in [7, 11) is 0. The zero-order chi connectivity index (χ0) is 5.54. The minimum atomic E-state index is 0. The van der Waals surface area contributed by atoms with E-state index in [0.29, 0.717) is 0 Å². The van der Waals surface area contributed by atoms with E-state index < -0.39 is 0 Å². The van der Waals surface area contributed by atoms with Gasteiger partial charge in [-0.05, 0) is 0 Å². The van der Waals surface area contributed by atoms with E-state index in [-0.39, 0.29) is 40.6 Å². The normalized spacial score (nSPS) is 7.33. The summed E-state index contributed by atoms with van der Waals surface area (Å²) in [6, 6.07) is 0. The minimum absolute atomic E-state index is 0. The third-order valence-electron chi connectivity index (χ3n) is 1.21. The second-order valence-electron chi connectivity index (χ2n) is 2.06. The molecule has 0 saturated heterocycles. The van der Waals surface area contributed by atoms with Crippen molar-refractivity contribution >= 4 is 0 Å². The number of unbranched alkanes of at least 4 members (excludes halogenated alkanes) is 4. The molecule has 0 aliphatic heterocycles. The summed E-state index contributed by atoms with van der Waals surface area (Å²) in [4.78, 5) is 0. The number of hydrogen-bond donors (Lipinski definition) is 0. The van der Waals surface area contributed by atoms with Crippen LogP contribution in [-0.4, -0.2) is 0 Å². The third-order valence-corrected chi connectivity index (χ3v) is 1.21. The molecule has 48 valence electrons. The molecule has 0 unspecified atom stereocenters. The summed E-state index contributed by atoms with van der Waals surface area (Å²) in [5, 5.41) is 0. The average molecular weight is 116 g/mol. The molecule has 0 atom stereocenters. The summed E-state index contributed by atoms with van der Waals surface area (Å²) in [5.41, 5.74) is 0. The van der Waals surface area contributed by atoms with Gasteiger partial charge in [0, 0.05) is 0 Å². The molecule has 9 heavy (non-hydrogen) atoms. The van der Waals surface area contributed by atoms with Gasteiger partial charge in [0.2, 0.25) is 0 Å². The molecule has 0 aliphatic carbocycles.